The summed E-state index contributed by atoms with van der Waals surface area (Å²) in [5.41, 5.74) is 1.69. The van der Waals surface area contributed by atoms with E-state index in [1.807, 2.05) is 19.1 Å². The number of halogens is 2. The lowest BCUT2D eigenvalue weighted by Gasteiger charge is -2.08. The molecule has 0 fully saturated rings. The molecule has 0 bridgehead atoms. The Balaban J connectivity index is 1.71. The van der Waals surface area contributed by atoms with E-state index in [-0.39, 0.29) is 11.6 Å². The minimum atomic E-state index is -0.389. The van der Waals surface area contributed by atoms with Gasteiger partial charge in [0.1, 0.15) is 10.6 Å². The number of thiophene rings is 1. The number of ether oxygens (including phenoxy) is 1. The lowest BCUT2D eigenvalue weighted by atomic mass is 10.1. The summed E-state index contributed by atoms with van der Waals surface area (Å²) in [6, 6.07) is 6.82. The maximum Gasteiger partial charge on any atom is 0.165 e. The molecule has 132 valence electrons. The Morgan fingerprint density at radius 2 is 2.12 bits per heavy atom. The number of hydrogen-bond donors (Lipinski definition) is 1. The number of hydrogen-bond acceptors (Lipinski definition) is 6. The summed E-state index contributed by atoms with van der Waals surface area (Å²) in [4.78, 5) is 5.24. The van der Waals surface area contributed by atoms with Gasteiger partial charge in [0.25, 0.3) is 0 Å². The highest BCUT2D eigenvalue weighted by Gasteiger charge is 2.15. The minimum Gasteiger partial charge on any atom is -0.494 e. The van der Waals surface area contributed by atoms with Gasteiger partial charge in [0.15, 0.2) is 16.7 Å². The van der Waals surface area contributed by atoms with E-state index in [9.17, 15) is 4.39 Å². The quantitative estimate of drug-likeness (QED) is 0.535. The summed E-state index contributed by atoms with van der Waals surface area (Å²) >= 11 is 7.62. The number of nitrogens with zero attached hydrogens (tertiary/aromatic N) is 3. The smallest absolute Gasteiger partial charge is 0.165 e. The molecule has 0 spiro atoms. The number of rotatable bonds is 4. The van der Waals surface area contributed by atoms with Crippen molar-refractivity contribution >= 4 is 49.1 Å². The molecule has 4 rings (SSSR count). The molecule has 4 aromatic rings. The standard InChI is InChI=1S/C18H14ClFN4OS/c1-9-14-11-5-6-21-17(15(11)26-18(14)24-23-16(9)19)22-8-10-3-4-13(25-2)12(20)7-10/h3-7H,8H2,1-2H3,(H,21,22). The second kappa shape index (κ2) is 6.66. The van der Waals surface area contributed by atoms with Gasteiger partial charge in [0.2, 0.25) is 0 Å². The third-order valence-corrected chi connectivity index (χ3v) is 5.63. The monoisotopic (exact) mass is 388 g/mol. The second-order valence-electron chi connectivity index (χ2n) is 5.76. The van der Waals surface area contributed by atoms with Crippen LogP contribution in [0, 0.1) is 12.7 Å². The Labute approximate surface area is 157 Å². The van der Waals surface area contributed by atoms with Crippen LogP contribution in [0.2, 0.25) is 5.15 Å². The van der Waals surface area contributed by atoms with Gasteiger partial charge in [0.05, 0.1) is 11.8 Å². The summed E-state index contributed by atoms with van der Waals surface area (Å²) in [7, 11) is 1.44. The first-order valence-corrected chi connectivity index (χ1v) is 9.04. The number of methoxy groups -OCH3 is 1. The first-order valence-electron chi connectivity index (χ1n) is 7.84. The van der Waals surface area contributed by atoms with Crippen molar-refractivity contribution in [3.63, 3.8) is 0 Å². The fourth-order valence-corrected chi connectivity index (χ4v) is 4.12. The van der Waals surface area contributed by atoms with Crippen LogP contribution in [0.15, 0.2) is 30.5 Å². The highest BCUT2D eigenvalue weighted by atomic mass is 35.5. The van der Waals surface area contributed by atoms with Gasteiger partial charge in [-0.05, 0) is 36.2 Å². The molecule has 0 unspecified atom stereocenters. The molecule has 0 amide bonds. The molecule has 0 saturated heterocycles. The molecule has 3 aromatic heterocycles. The van der Waals surface area contributed by atoms with E-state index in [4.69, 9.17) is 16.3 Å². The van der Waals surface area contributed by atoms with Gasteiger partial charge >= 0.3 is 0 Å². The van der Waals surface area contributed by atoms with Crippen LogP contribution in [0.25, 0.3) is 20.3 Å². The molecule has 0 radical (unpaired) electrons. The minimum absolute atomic E-state index is 0.226. The molecular formula is C18H14ClFN4OS. The maximum absolute atomic E-state index is 13.9. The summed E-state index contributed by atoms with van der Waals surface area (Å²) in [5.74, 6) is 0.557. The van der Waals surface area contributed by atoms with Gasteiger partial charge < -0.3 is 10.1 Å². The Morgan fingerprint density at radius 3 is 2.88 bits per heavy atom. The van der Waals surface area contributed by atoms with E-state index < -0.39 is 0 Å². The fourth-order valence-electron chi connectivity index (χ4n) is 2.84. The molecule has 0 aliphatic rings. The summed E-state index contributed by atoms with van der Waals surface area (Å²) in [6.45, 7) is 2.37. The maximum atomic E-state index is 13.9. The molecule has 1 N–H and O–H groups in total. The van der Waals surface area contributed by atoms with Gasteiger partial charge in [0, 0.05) is 23.5 Å². The van der Waals surface area contributed by atoms with E-state index in [1.165, 1.54) is 24.5 Å². The first-order chi connectivity index (χ1) is 12.6. The largest absolute Gasteiger partial charge is 0.494 e. The average molecular weight is 389 g/mol. The number of aromatic nitrogens is 3. The van der Waals surface area contributed by atoms with Crippen LogP contribution in [0.5, 0.6) is 5.75 Å². The van der Waals surface area contributed by atoms with E-state index >= 15 is 0 Å². The van der Waals surface area contributed by atoms with E-state index in [1.54, 1.807) is 12.3 Å². The zero-order valence-corrected chi connectivity index (χ0v) is 15.6. The number of pyridine rings is 1. The predicted octanol–water partition coefficient (Wildman–Crippen LogP) is 4.96. The zero-order valence-electron chi connectivity index (χ0n) is 14.0. The van der Waals surface area contributed by atoms with Gasteiger partial charge in [-0.25, -0.2) is 9.37 Å². The molecule has 0 aliphatic carbocycles. The Morgan fingerprint density at radius 1 is 1.27 bits per heavy atom. The van der Waals surface area contributed by atoms with Crippen molar-refractivity contribution in [1.29, 1.82) is 0 Å². The number of nitrogens with one attached hydrogen (secondary N) is 1. The molecule has 26 heavy (non-hydrogen) atoms. The van der Waals surface area contributed by atoms with Gasteiger partial charge in [-0.2, -0.15) is 0 Å². The zero-order chi connectivity index (χ0) is 18.3. The van der Waals surface area contributed by atoms with E-state index in [0.29, 0.717) is 11.7 Å². The third-order valence-electron chi connectivity index (χ3n) is 4.18. The number of benzene rings is 1. The molecule has 3 heterocycles. The highest BCUT2D eigenvalue weighted by Crippen LogP contribution is 2.38. The van der Waals surface area contributed by atoms with Crippen LogP contribution in [0.3, 0.4) is 0 Å². The van der Waals surface area contributed by atoms with Gasteiger partial charge in [-0.3, -0.25) is 0 Å². The summed E-state index contributed by atoms with van der Waals surface area (Å²) in [5, 5.41) is 13.9. The molecule has 0 saturated carbocycles. The molecule has 0 aliphatic heterocycles. The molecule has 5 nitrogen and oxygen atoms in total. The van der Waals surface area contributed by atoms with Gasteiger partial charge in [-0.1, -0.05) is 17.7 Å². The fraction of sp³-hybridized carbons (Fsp3) is 0.167. The van der Waals surface area contributed by atoms with Crippen LogP contribution in [-0.4, -0.2) is 22.3 Å². The SMILES string of the molecule is COc1ccc(CNc2nccc3c2sc2nnc(Cl)c(C)c23)cc1F. The van der Waals surface area contributed by atoms with E-state index in [2.05, 4.69) is 20.5 Å². The van der Waals surface area contributed by atoms with Crippen LogP contribution in [0.1, 0.15) is 11.1 Å². The van der Waals surface area contributed by atoms with Crippen LogP contribution < -0.4 is 10.1 Å². The summed E-state index contributed by atoms with van der Waals surface area (Å²) in [6.07, 6.45) is 1.74. The first kappa shape index (κ1) is 16.9. The van der Waals surface area contributed by atoms with Crippen LogP contribution in [0.4, 0.5) is 10.2 Å². The van der Waals surface area contributed by atoms with E-state index in [0.717, 1.165) is 37.2 Å². The average Bonchev–Trinajstić information content (AvgIpc) is 3.03. The number of aryl methyl sites for hydroxylation is 1. The van der Waals surface area contributed by atoms with Crippen molar-refractivity contribution in [2.24, 2.45) is 0 Å². The Bertz CT molecular complexity index is 1130. The molecular weight excluding hydrogens is 375 g/mol. The van der Waals surface area contributed by atoms with Crippen LogP contribution in [-0.2, 0) is 6.54 Å². The third kappa shape index (κ3) is 2.83. The lowest BCUT2D eigenvalue weighted by Crippen LogP contribution is -2.02. The highest BCUT2D eigenvalue weighted by molar-refractivity contribution is 7.26. The van der Waals surface area contributed by atoms with Crippen molar-refractivity contribution in [1.82, 2.24) is 15.2 Å². The topological polar surface area (TPSA) is 59.9 Å². The summed E-state index contributed by atoms with van der Waals surface area (Å²) < 4.78 is 19.8. The molecule has 1 aromatic carbocycles. The number of anilines is 1. The number of fused-ring (bicyclic) bond motifs is 3. The van der Waals surface area contributed by atoms with Crippen molar-refractivity contribution < 1.29 is 9.13 Å². The van der Waals surface area contributed by atoms with Crippen molar-refractivity contribution in [2.45, 2.75) is 13.5 Å². The Hall–Kier alpha value is -2.51. The molecule has 0 atom stereocenters. The lowest BCUT2D eigenvalue weighted by molar-refractivity contribution is 0.386. The van der Waals surface area contributed by atoms with Gasteiger partial charge in [-0.15, -0.1) is 21.5 Å². The van der Waals surface area contributed by atoms with Crippen molar-refractivity contribution in [3.8, 4) is 5.75 Å². The van der Waals surface area contributed by atoms with Crippen molar-refractivity contribution in [2.75, 3.05) is 12.4 Å². The second-order valence-corrected chi connectivity index (χ2v) is 7.11. The normalized spacial score (nSPS) is 11.2. The predicted molar refractivity (Wildman–Crippen MR) is 103 cm³/mol. The van der Waals surface area contributed by atoms with Crippen molar-refractivity contribution in [3.05, 3.63) is 52.6 Å². The molecule has 8 heteroatoms. The van der Waals surface area contributed by atoms with Crippen LogP contribution >= 0.6 is 22.9 Å². The Kier molecular flexibility index (Phi) is 4.34.